The van der Waals surface area contributed by atoms with Gasteiger partial charge in [0, 0.05) is 31.2 Å². The zero-order valence-corrected chi connectivity index (χ0v) is 14.9. The largest absolute Gasteiger partial charge is 0.381 e. The molecule has 3 saturated carbocycles. The summed E-state index contributed by atoms with van der Waals surface area (Å²) in [6.45, 7) is 0. The van der Waals surface area contributed by atoms with E-state index in [0.717, 1.165) is 31.0 Å². The number of ether oxygens (including phenoxy) is 1. The van der Waals surface area contributed by atoms with Crippen molar-refractivity contribution >= 4 is 6.29 Å². The molecular formula is C20H35NO2. The van der Waals surface area contributed by atoms with Crippen LogP contribution in [-0.4, -0.2) is 42.5 Å². The number of carbonyl (C=O) groups is 1. The van der Waals surface area contributed by atoms with Crippen molar-refractivity contribution < 1.29 is 9.53 Å². The van der Waals surface area contributed by atoms with E-state index in [0.29, 0.717) is 12.0 Å². The minimum Gasteiger partial charge on any atom is -0.381 e. The Balaban J connectivity index is 1.65. The predicted molar refractivity (Wildman–Crippen MR) is 93.6 cm³/mol. The van der Waals surface area contributed by atoms with Crippen LogP contribution in [0.5, 0.6) is 0 Å². The number of hydrogen-bond acceptors (Lipinski definition) is 3. The molecule has 0 saturated heterocycles. The van der Waals surface area contributed by atoms with Gasteiger partial charge in [0.05, 0.1) is 6.10 Å². The summed E-state index contributed by atoms with van der Waals surface area (Å²) in [5, 5.41) is 0. The molecule has 0 aromatic rings. The van der Waals surface area contributed by atoms with Crippen molar-refractivity contribution in [1.29, 1.82) is 0 Å². The average molecular weight is 322 g/mol. The molecule has 23 heavy (non-hydrogen) atoms. The molecule has 0 radical (unpaired) electrons. The summed E-state index contributed by atoms with van der Waals surface area (Å²) >= 11 is 0. The van der Waals surface area contributed by atoms with Gasteiger partial charge in [-0.15, -0.1) is 0 Å². The highest BCUT2D eigenvalue weighted by molar-refractivity contribution is 5.53. The van der Waals surface area contributed by atoms with E-state index in [-0.39, 0.29) is 0 Å². The molecule has 3 aliphatic rings. The predicted octanol–water partition coefficient (Wildman–Crippen LogP) is 4.34. The first-order valence-corrected chi connectivity index (χ1v) is 10.1. The maximum Gasteiger partial charge on any atom is 0.123 e. The van der Waals surface area contributed by atoms with E-state index in [9.17, 15) is 4.79 Å². The van der Waals surface area contributed by atoms with Crippen LogP contribution in [0.25, 0.3) is 0 Å². The molecule has 132 valence electrons. The summed E-state index contributed by atoms with van der Waals surface area (Å²) in [6.07, 6.45) is 18.5. The third kappa shape index (κ3) is 4.36. The van der Waals surface area contributed by atoms with Crippen LogP contribution < -0.4 is 0 Å². The lowest BCUT2D eigenvalue weighted by Crippen LogP contribution is -2.52. The van der Waals surface area contributed by atoms with E-state index in [2.05, 4.69) is 4.90 Å². The molecular weight excluding hydrogens is 286 g/mol. The van der Waals surface area contributed by atoms with Gasteiger partial charge in [0.15, 0.2) is 0 Å². The van der Waals surface area contributed by atoms with Crippen LogP contribution in [0.3, 0.4) is 0 Å². The smallest absolute Gasteiger partial charge is 0.123 e. The lowest BCUT2D eigenvalue weighted by atomic mass is 9.81. The van der Waals surface area contributed by atoms with Gasteiger partial charge in [-0.1, -0.05) is 19.3 Å². The second-order valence-corrected chi connectivity index (χ2v) is 8.11. The van der Waals surface area contributed by atoms with Crippen LogP contribution in [0.15, 0.2) is 0 Å². The fraction of sp³-hybridized carbons (Fsp3) is 0.950. The first-order valence-electron chi connectivity index (χ1n) is 10.1. The van der Waals surface area contributed by atoms with Gasteiger partial charge in [-0.3, -0.25) is 4.90 Å². The lowest BCUT2D eigenvalue weighted by Gasteiger charge is -2.48. The molecule has 0 amide bonds. The molecule has 0 heterocycles. The maximum atomic E-state index is 11.1. The third-order valence-corrected chi connectivity index (χ3v) is 6.75. The molecule has 0 bridgehead atoms. The van der Waals surface area contributed by atoms with Crippen molar-refractivity contribution in [3.63, 3.8) is 0 Å². The summed E-state index contributed by atoms with van der Waals surface area (Å²) in [6, 6.07) is 2.31. The van der Waals surface area contributed by atoms with Crippen LogP contribution in [0.1, 0.15) is 83.5 Å². The minimum absolute atomic E-state index is 0.337. The quantitative estimate of drug-likeness (QED) is 0.706. The van der Waals surface area contributed by atoms with E-state index in [1.54, 1.807) is 0 Å². The van der Waals surface area contributed by atoms with Crippen molar-refractivity contribution in [2.45, 2.75) is 108 Å². The van der Waals surface area contributed by atoms with Gasteiger partial charge >= 0.3 is 0 Å². The van der Waals surface area contributed by atoms with Gasteiger partial charge in [-0.25, -0.2) is 0 Å². The molecule has 3 rings (SSSR count). The van der Waals surface area contributed by atoms with Gasteiger partial charge in [0.2, 0.25) is 0 Å². The molecule has 0 unspecified atom stereocenters. The van der Waals surface area contributed by atoms with Crippen LogP contribution >= 0.6 is 0 Å². The topological polar surface area (TPSA) is 29.5 Å². The van der Waals surface area contributed by atoms with Crippen LogP contribution in [0.2, 0.25) is 0 Å². The molecule has 3 aliphatic carbocycles. The van der Waals surface area contributed by atoms with E-state index < -0.39 is 0 Å². The molecule has 0 atom stereocenters. The van der Waals surface area contributed by atoms with E-state index in [4.69, 9.17) is 4.74 Å². The Bertz CT molecular complexity index is 351. The van der Waals surface area contributed by atoms with Crippen LogP contribution in [0, 0.1) is 5.92 Å². The molecule has 0 spiro atoms. The Morgan fingerprint density at radius 3 is 1.78 bits per heavy atom. The highest BCUT2D eigenvalue weighted by Crippen LogP contribution is 2.37. The second kappa shape index (κ2) is 8.62. The Kier molecular flexibility index (Phi) is 6.52. The van der Waals surface area contributed by atoms with E-state index in [1.165, 1.54) is 76.9 Å². The maximum absolute atomic E-state index is 11.1. The summed E-state index contributed by atoms with van der Waals surface area (Å²) in [7, 11) is 1.87. The molecule has 0 aromatic carbocycles. The Hall–Kier alpha value is -0.410. The van der Waals surface area contributed by atoms with Crippen LogP contribution in [0.4, 0.5) is 0 Å². The number of hydrogen-bond donors (Lipinski definition) is 0. The molecule has 3 fully saturated rings. The number of aldehydes is 1. The SMILES string of the molecule is COC1CCC(N(C2CCCCC2)C2CCC(C=O)CC2)CC1. The number of nitrogens with zero attached hydrogens (tertiary/aromatic N) is 1. The minimum atomic E-state index is 0.337. The molecule has 3 heteroatoms. The van der Waals surface area contributed by atoms with Crippen LogP contribution in [-0.2, 0) is 9.53 Å². The molecule has 0 N–H and O–H groups in total. The number of methoxy groups -OCH3 is 1. The number of carbonyl (C=O) groups excluding carboxylic acids is 1. The summed E-state index contributed by atoms with van der Waals surface area (Å²) < 4.78 is 5.58. The van der Waals surface area contributed by atoms with E-state index >= 15 is 0 Å². The normalized spacial score (nSPS) is 37.0. The first kappa shape index (κ1) is 17.4. The van der Waals surface area contributed by atoms with Crippen molar-refractivity contribution in [3.8, 4) is 0 Å². The monoisotopic (exact) mass is 321 g/mol. The second-order valence-electron chi connectivity index (χ2n) is 8.11. The summed E-state index contributed by atoms with van der Waals surface area (Å²) in [5.74, 6) is 0.337. The number of rotatable bonds is 5. The highest BCUT2D eigenvalue weighted by Gasteiger charge is 2.37. The third-order valence-electron chi connectivity index (χ3n) is 6.75. The van der Waals surface area contributed by atoms with Crippen molar-refractivity contribution in [1.82, 2.24) is 4.90 Å². The summed E-state index contributed by atoms with van der Waals surface area (Å²) in [5.41, 5.74) is 0. The highest BCUT2D eigenvalue weighted by atomic mass is 16.5. The van der Waals surface area contributed by atoms with Crippen molar-refractivity contribution in [2.75, 3.05) is 7.11 Å². The van der Waals surface area contributed by atoms with Gasteiger partial charge in [0.25, 0.3) is 0 Å². The molecule has 0 aliphatic heterocycles. The van der Waals surface area contributed by atoms with Gasteiger partial charge < -0.3 is 9.53 Å². The van der Waals surface area contributed by atoms with Crippen molar-refractivity contribution in [2.24, 2.45) is 5.92 Å². The fourth-order valence-electron chi connectivity index (χ4n) is 5.39. The van der Waals surface area contributed by atoms with Gasteiger partial charge in [-0.05, 0) is 64.2 Å². The van der Waals surface area contributed by atoms with Crippen molar-refractivity contribution in [3.05, 3.63) is 0 Å². The Morgan fingerprint density at radius 2 is 1.26 bits per heavy atom. The fourth-order valence-corrected chi connectivity index (χ4v) is 5.39. The summed E-state index contributed by atoms with van der Waals surface area (Å²) in [4.78, 5) is 14.0. The molecule has 3 nitrogen and oxygen atoms in total. The van der Waals surface area contributed by atoms with E-state index in [1.807, 2.05) is 7.11 Å². The average Bonchev–Trinajstić information content (AvgIpc) is 2.64. The zero-order valence-electron chi connectivity index (χ0n) is 14.9. The molecule has 0 aromatic heterocycles. The Morgan fingerprint density at radius 1 is 0.739 bits per heavy atom. The van der Waals surface area contributed by atoms with Gasteiger partial charge in [0.1, 0.15) is 6.29 Å². The first-order chi connectivity index (χ1) is 11.3. The Labute approximate surface area is 142 Å². The standard InChI is InChI=1S/C20H35NO2/c1-23-20-13-11-19(12-14-20)21(17-5-3-2-4-6-17)18-9-7-16(15-22)8-10-18/h15-20H,2-14H2,1H3. The van der Waals surface area contributed by atoms with Gasteiger partial charge in [-0.2, -0.15) is 0 Å². The zero-order chi connectivity index (χ0) is 16.1. The lowest BCUT2D eigenvalue weighted by molar-refractivity contribution is -0.112.